The van der Waals surface area contributed by atoms with Crippen molar-refractivity contribution in [3.05, 3.63) is 11.5 Å². The number of methoxy groups -OCH3 is 1. The van der Waals surface area contributed by atoms with Crippen molar-refractivity contribution in [2.24, 2.45) is 10.7 Å². The molecule has 0 bridgehead atoms. The average molecular weight is 272 g/mol. The second kappa shape index (κ2) is 6.53. The fourth-order valence-corrected chi connectivity index (χ4v) is 2.01. The third kappa shape index (κ3) is 4.22. The molecule has 0 amide bonds. The molecular formula is C12H20N2O5. The van der Waals surface area contributed by atoms with Crippen LogP contribution in [0, 0.1) is 0 Å². The third-order valence-corrected chi connectivity index (χ3v) is 2.92. The first-order valence-electron chi connectivity index (χ1n) is 6.03. The predicted molar refractivity (Wildman–Crippen MR) is 68.7 cm³/mol. The fourth-order valence-electron chi connectivity index (χ4n) is 2.01. The van der Waals surface area contributed by atoms with E-state index in [0.717, 1.165) is 0 Å². The summed E-state index contributed by atoms with van der Waals surface area (Å²) in [5.41, 5.74) is 5.27. The fraction of sp³-hybridized carbons (Fsp3) is 0.667. The number of aliphatic carboxylic acids is 1. The minimum atomic E-state index is -1.32. The molecule has 0 saturated heterocycles. The van der Waals surface area contributed by atoms with Crippen molar-refractivity contribution in [3.63, 3.8) is 0 Å². The molecule has 0 radical (unpaired) electrons. The summed E-state index contributed by atoms with van der Waals surface area (Å²) in [6.07, 6.45) is 0.692. The molecular weight excluding hydrogens is 252 g/mol. The maximum absolute atomic E-state index is 10.4. The van der Waals surface area contributed by atoms with Gasteiger partial charge < -0.3 is 25.8 Å². The van der Waals surface area contributed by atoms with Gasteiger partial charge in [-0.2, -0.15) is 0 Å². The van der Waals surface area contributed by atoms with Gasteiger partial charge in [-0.25, -0.2) is 0 Å². The molecule has 1 aliphatic carbocycles. The summed E-state index contributed by atoms with van der Waals surface area (Å²) >= 11 is 0. The summed E-state index contributed by atoms with van der Waals surface area (Å²) in [4.78, 5) is 14.6. The number of nitrogens with zero attached hydrogens (tertiary/aromatic N) is 1. The van der Waals surface area contributed by atoms with Gasteiger partial charge in [0.25, 0.3) is 0 Å². The van der Waals surface area contributed by atoms with Crippen molar-refractivity contribution in [3.8, 4) is 0 Å². The predicted octanol–water partition coefficient (Wildman–Crippen LogP) is -0.374. The van der Waals surface area contributed by atoms with Crippen LogP contribution in [0.15, 0.2) is 16.4 Å². The topological polar surface area (TPSA) is 125 Å². The summed E-state index contributed by atoms with van der Waals surface area (Å²) < 4.78 is 5.15. The van der Waals surface area contributed by atoms with Gasteiger partial charge in [0.1, 0.15) is 0 Å². The molecule has 0 fully saturated rings. The van der Waals surface area contributed by atoms with Crippen LogP contribution in [0.5, 0.6) is 0 Å². The number of carboxylic acid groups (broad SMARTS) is 1. The Morgan fingerprint density at radius 3 is 2.74 bits per heavy atom. The zero-order chi connectivity index (χ0) is 14.5. The van der Waals surface area contributed by atoms with Gasteiger partial charge in [0.15, 0.2) is 5.76 Å². The number of aliphatic hydroxyl groups excluding tert-OH is 1. The Hall–Kier alpha value is -1.60. The molecule has 1 atom stereocenters. The van der Waals surface area contributed by atoms with Crippen LogP contribution in [0.25, 0.3) is 0 Å². The zero-order valence-electron chi connectivity index (χ0n) is 10.9. The first kappa shape index (κ1) is 15.5. The van der Waals surface area contributed by atoms with Crippen LogP contribution < -0.4 is 5.73 Å². The average Bonchev–Trinajstić information content (AvgIpc) is 2.34. The monoisotopic (exact) mass is 272 g/mol. The van der Waals surface area contributed by atoms with E-state index in [1.165, 1.54) is 7.11 Å². The normalized spacial score (nSPS) is 25.7. The Bertz CT molecular complexity index is 405. The molecule has 0 unspecified atom stereocenters. The second-order valence-corrected chi connectivity index (χ2v) is 4.62. The molecule has 5 N–H and O–H groups in total. The number of aliphatic imine (C=N–C) groups is 1. The Morgan fingerprint density at radius 1 is 1.53 bits per heavy atom. The van der Waals surface area contributed by atoms with Gasteiger partial charge in [-0.05, 0) is 6.42 Å². The number of ether oxygens (including phenoxy) is 1. The molecule has 0 spiro atoms. The Morgan fingerprint density at radius 2 is 2.21 bits per heavy atom. The van der Waals surface area contributed by atoms with Crippen molar-refractivity contribution in [1.82, 2.24) is 0 Å². The lowest BCUT2D eigenvalue weighted by Gasteiger charge is -2.32. The Balaban J connectivity index is 2.80. The number of hydrogen-bond donors (Lipinski definition) is 4. The smallest absolute Gasteiger partial charge is 0.303 e. The summed E-state index contributed by atoms with van der Waals surface area (Å²) in [5, 5.41) is 27.8. The van der Waals surface area contributed by atoms with Gasteiger partial charge in [-0.3, -0.25) is 9.79 Å². The molecule has 1 aliphatic rings. The van der Waals surface area contributed by atoms with E-state index in [4.69, 9.17) is 15.6 Å². The van der Waals surface area contributed by atoms with Crippen LogP contribution in [0.3, 0.4) is 0 Å². The van der Waals surface area contributed by atoms with E-state index >= 15 is 0 Å². The number of nitrogens with two attached hydrogens (primary N) is 1. The highest BCUT2D eigenvalue weighted by Gasteiger charge is 2.36. The summed E-state index contributed by atoms with van der Waals surface area (Å²) in [5.74, 6) is -0.467. The largest absolute Gasteiger partial charge is 0.493 e. The maximum atomic E-state index is 10.4. The van der Waals surface area contributed by atoms with Crippen LogP contribution in [-0.4, -0.2) is 52.9 Å². The van der Waals surface area contributed by atoms with Crippen molar-refractivity contribution >= 4 is 11.7 Å². The summed E-state index contributed by atoms with van der Waals surface area (Å²) in [7, 11) is 1.46. The molecule has 0 aliphatic heterocycles. The van der Waals surface area contributed by atoms with Gasteiger partial charge in [0, 0.05) is 25.8 Å². The van der Waals surface area contributed by atoms with Crippen molar-refractivity contribution in [2.45, 2.75) is 31.3 Å². The van der Waals surface area contributed by atoms with Crippen LogP contribution in [0.4, 0.5) is 0 Å². The minimum absolute atomic E-state index is 0.0303. The molecule has 1 rings (SSSR count). The molecule has 0 aromatic carbocycles. The highest BCUT2D eigenvalue weighted by atomic mass is 16.5. The maximum Gasteiger partial charge on any atom is 0.303 e. The highest BCUT2D eigenvalue weighted by Crippen LogP contribution is 2.29. The van der Waals surface area contributed by atoms with Crippen molar-refractivity contribution in [2.75, 3.05) is 20.3 Å². The van der Waals surface area contributed by atoms with Gasteiger partial charge in [0.05, 0.1) is 30.7 Å². The lowest BCUT2D eigenvalue weighted by Crippen LogP contribution is -2.42. The molecule has 7 heteroatoms. The number of allylic oxidation sites excluding steroid dienone is 1. The van der Waals surface area contributed by atoms with E-state index in [1.54, 1.807) is 0 Å². The lowest BCUT2D eigenvalue weighted by atomic mass is 9.86. The van der Waals surface area contributed by atoms with Crippen LogP contribution in [0.1, 0.15) is 25.7 Å². The van der Waals surface area contributed by atoms with Crippen molar-refractivity contribution in [1.29, 1.82) is 0 Å². The Labute approximate surface area is 111 Å². The second-order valence-electron chi connectivity index (χ2n) is 4.62. The van der Waals surface area contributed by atoms with E-state index in [-0.39, 0.29) is 19.3 Å². The molecule has 108 valence electrons. The highest BCUT2D eigenvalue weighted by molar-refractivity contribution is 6.00. The van der Waals surface area contributed by atoms with Gasteiger partial charge >= 0.3 is 5.97 Å². The standard InChI is InChI=1S/C12H20N2O5/c1-19-11-8(13)5-12(18,7-15)6-9(11)14-4-2-3-10(16)17/h15,18H,2-7,13H2,1H3,(H,16,17)/b14-9+/t12-/m0/s1. The van der Waals surface area contributed by atoms with E-state index in [9.17, 15) is 15.0 Å². The first-order chi connectivity index (χ1) is 8.91. The van der Waals surface area contributed by atoms with Crippen LogP contribution in [-0.2, 0) is 9.53 Å². The van der Waals surface area contributed by atoms with Crippen LogP contribution in [0.2, 0.25) is 0 Å². The molecule has 7 nitrogen and oxygen atoms in total. The van der Waals surface area contributed by atoms with Gasteiger partial charge in [-0.15, -0.1) is 0 Å². The molecule has 0 aromatic heterocycles. The molecule has 19 heavy (non-hydrogen) atoms. The summed E-state index contributed by atoms with van der Waals surface area (Å²) in [6.45, 7) is -0.109. The minimum Gasteiger partial charge on any atom is -0.493 e. The number of aliphatic hydroxyl groups is 2. The SMILES string of the molecule is COC1=C(N)C[C@@](O)(CO)C/C1=N\CCCC(=O)O. The van der Waals surface area contributed by atoms with E-state index in [0.29, 0.717) is 30.1 Å². The quantitative estimate of drug-likeness (QED) is 0.489. The number of carboxylic acids is 1. The molecule has 0 heterocycles. The lowest BCUT2D eigenvalue weighted by molar-refractivity contribution is -0.137. The Kier molecular flexibility index (Phi) is 5.31. The number of rotatable bonds is 6. The number of hydrogen-bond acceptors (Lipinski definition) is 6. The molecule has 0 saturated carbocycles. The van der Waals surface area contributed by atoms with Gasteiger partial charge in [0.2, 0.25) is 0 Å². The van der Waals surface area contributed by atoms with Crippen molar-refractivity contribution < 1.29 is 24.9 Å². The van der Waals surface area contributed by atoms with E-state index in [2.05, 4.69) is 4.99 Å². The van der Waals surface area contributed by atoms with E-state index in [1.807, 2.05) is 0 Å². The number of carbonyl (C=O) groups is 1. The summed E-state index contributed by atoms with van der Waals surface area (Å²) in [6, 6.07) is 0. The third-order valence-electron chi connectivity index (χ3n) is 2.92. The van der Waals surface area contributed by atoms with E-state index < -0.39 is 18.2 Å². The zero-order valence-corrected chi connectivity index (χ0v) is 10.9. The molecule has 0 aromatic rings. The van der Waals surface area contributed by atoms with Gasteiger partial charge in [-0.1, -0.05) is 0 Å². The first-order valence-corrected chi connectivity index (χ1v) is 6.03. The van der Waals surface area contributed by atoms with Crippen LogP contribution >= 0.6 is 0 Å².